The predicted octanol–water partition coefficient (Wildman–Crippen LogP) is 4.14. The van der Waals surface area contributed by atoms with Crippen LogP contribution in [-0.4, -0.2) is 30.3 Å². The molecule has 0 amide bonds. The maximum atomic E-state index is 11.7. The van der Waals surface area contributed by atoms with Crippen molar-refractivity contribution in [1.82, 2.24) is 4.90 Å². The number of nitrogens with zero attached hydrogens (tertiary/aromatic N) is 1. The van der Waals surface area contributed by atoms with Crippen LogP contribution in [0.2, 0.25) is 0 Å². The molecule has 0 radical (unpaired) electrons. The lowest BCUT2D eigenvalue weighted by Crippen LogP contribution is -2.30. The van der Waals surface area contributed by atoms with Gasteiger partial charge in [0.2, 0.25) is 0 Å². The van der Waals surface area contributed by atoms with Crippen molar-refractivity contribution in [2.45, 2.75) is 66.2 Å². The molecule has 0 spiro atoms. The van der Waals surface area contributed by atoms with Crippen LogP contribution < -0.4 is 0 Å². The summed E-state index contributed by atoms with van der Waals surface area (Å²) in [4.78, 5) is 14.3. The van der Waals surface area contributed by atoms with Gasteiger partial charge in [0, 0.05) is 12.3 Å². The van der Waals surface area contributed by atoms with E-state index < -0.39 is 0 Å². The van der Waals surface area contributed by atoms with Crippen molar-refractivity contribution in [3.8, 4) is 0 Å². The van der Waals surface area contributed by atoms with Gasteiger partial charge in [-0.2, -0.15) is 0 Å². The highest BCUT2D eigenvalue weighted by Gasteiger charge is 2.24. The molecule has 1 saturated carbocycles. The summed E-state index contributed by atoms with van der Waals surface area (Å²) in [5.41, 5.74) is 0. The van der Waals surface area contributed by atoms with Gasteiger partial charge in [-0.1, -0.05) is 27.7 Å². The molecule has 0 N–H and O–H groups in total. The molecule has 1 atom stereocenters. The number of carbonyl (C=O) groups is 1. The van der Waals surface area contributed by atoms with E-state index in [1.807, 2.05) is 0 Å². The largest absolute Gasteiger partial charge is 0.303 e. The fourth-order valence-electron chi connectivity index (χ4n) is 2.75. The average Bonchev–Trinajstić information content (AvgIpc) is 2.73. The molecule has 2 heteroatoms. The van der Waals surface area contributed by atoms with E-state index in [1.165, 1.54) is 25.9 Å². The van der Waals surface area contributed by atoms with Crippen LogP contribution in [0.3, 0.4) is 0 Å². The Balaban J connectivity index is 2.32. The summed E-state index contributed by atoms with van der Waals surface area (Å²) in [6.07, 6.45) is 6.74. The van der Waals surface area contributed by atoms with E-state index in [0.29, 0.717) is 11.7 Å². The Morgan fingerprint density at radius 2 is 1.63 bits per heavy atom. The van der Waals surface area contributed by atoms with E-state index in [9.17, 15) is 4.79 Å². The zero-order valence-corrected chi connectivity index (χ0v) is 13.5. The van der Waals surface area contributed by atoms with E-state index in [4.69, 9.17) is 0 Å². The summed E-state index contributed by atoms with van der Waals surface area (Å²) in [5, 5.41) is 0. The molecule has 0 saturated heterocycles. The highest BCUT2D eigenvalue weighted by molar-refractivity contribution is 5.82. The van der Waals surface area contributed by atoms with Crippen LogP contribution in [0.25, 0.3) is 0 Å². The third-order valence-corrected chi connectivity index (χ3v) is 4.27. The molecule has 0 aliphatic heterocycles. The quantitative estimate of drug-likeness (QED) is 0.626. The second-order valence-corrected chi connectivity index (χ2v) is 7.05. The highest BCUT2D eigenvalue weighted by Crippen LogP contribution is 2.24. The molecule has 0 aromatic rings. The van der Waals surface area contributed by atoms with Crippen LogP contribution in [0.5, 0.6) is 0 Å². The van der Waals surface area contributed by atoms with Crippen LogP contribution in [0, 0.1) is 17.8 Å². The second kappa shape index (κ2) is 8.73. The van der Waals surface area contributed by atoms with Gasteiger partial charge < -0.3 is 4.90 Å². The Labute approximate surface area is 119 Å². The molecule has 1 aliphatic carbocycles. The fraction of sp³-hybridized carbons (Fsp3) is 0.941. The zero-order valence-electron chi connectivity index (χ0n) is 13.5. The smallest absolute Gasteiger partial charge is 0.136 e. The Kier molecular flexibility index (Phi) is 7.67. The first-order chi connectivity index (χ1) is 8.99. The normalized spacial score (nSPS) is 20.2. The number of hydrogen-bond acceptors (Lipinski definition) is 2. The van der Waals surface area contributed by atoms with Crippen LogP contribution in [-0.2, 0) is 4.79 Å². The second-order valence-electron chi connectivity index (χ2n) is 7.05. The number of hydrogen-bond donors (Lipinski definition) is 0. The van der Waals surface area contributed by atoms with E-state index in [-0.39, 0.29) is 0 Å². The van der Waals surface area contributed by atoms with Gasteiger partial charge in [-0.25, -0.2) is 0 Å². The number of rotatable bonds is 9. The van der Waals surface area contributed by atoms with E-state index in [1.54, 1.807) is 0 Å². The Morgan fingerprint density at radius 3 is 2.05 bits per heavy atom. The molecule has 2 nitrogen and oxygen atoms in total. The van der Waals surface area contributed by atoms with E-state index in [0.717, 1.165) is 44.1 Å². The summed E-state index contributed by atoms with van der Waals surface area (Å²) in [6.45, 7) is 12.7. The average molecular weight is 267 g/mol. The first kappa shape index (κ1) is 16.7. The summed E-state index contributed by atoms with van der Waals surface area (Å²) >= 11 is 0. The van der Waals surface area contributed by atoms with Gasteiger partial charge in [0.1, 0.15) is 5.78 Å². The van der Waals surface area contributed by atoms with Gasteiger partial charge in [0.25, 0.3) is 0 Å². The summed E-state index contributed by atoms with van der Waals surface area (Å²) in [7, 11) is 0. The minimum absolute atomic E-state index is 0.376. The summed E-state index contributed by atoms with van der Waals surface area (Å²) in [6, 6.07) is 0. The van der Waals surface area contributed by atoms with Crippen molar-refractivity contribution < 1.29 is 4.79 Å². The van der Waals surface area contributed by atoms with Crippen LogP contribution in [0.4, 0.5) is 0 Å². The van der Waals surface area contributed by atoms with Gasteiger partial charge in [-0.15, -0.1) is 0 Å². The number of carbonyl (C=O) groups excluding carboxylic acids is 1. The SMILES string of the molecule is CC(C)CCN(CCC(C)C)CCC1CCCC1=O. The number of Topliss-reactive ketones (excluding diaryl/α,β-unsaturated/α-hetero) is 1. The van der Waals surface area contributed by atoms with Gasteiger partial charge in [-0.05, 0) is 63.6 Å². The number of ketones is 1. The van der Waals surface area contributed by atoms with Crippen LogP contribution in [0.1, 0.15) is 66.2 Å². The van der Waals surface area contributed by atoms with Crippen LogP contribution >= 0.6 is 0 Å². The van der Waals surface area contributed by atoms with Gasteiger partial charge in [-0.3, -0.25) is 4.79 Å². The van der Waals surface area contributed by atoms with Gasteiger partial charge in [0.05, 0.1) is 0 Å². The molecule has 112 valence electrons. The standard InChI is InChI=1S/C17H33NO/c1-14(2)8-11-18(12-9-15(3)4)13-10-16-6-5-7-17(16)19/h14-16H,5-13H2,1-4H3. The first-order valence-corrected chi connectivity index (χ1v) is 8.24. The first-order valence-electron chi connectivity index (χ1n) is 8.24. The Hall–Kier alpha value is -0.370. The molecule has 1 aliphatic rings. The van der Waals surface area contributed by atoms with E-state index in [2.05, 4.69) is 32.6 Å². The minimum atomic E-state index is 0.376. The van der Waals surface area contributed by atoms with Gasteiger partial charge in [0.15, 0.2) is 0 Å². The third kappa shape index (κ3) is 7.10. The molecule has 0 aromatic carbocycles. The lowest BCUT2D eigenvalue weighted by Gasteiger charge is -2.25. The molecule has 1 fully saturated rings. The third-order valence-electron chi connectivity index (χ3n) is 4.27. The summed E-state index contributed by atoms with van der Waals surface area (Å²) in [5.74, 6) is 2.44. The van der Waals surface area contributed by atoms with Gasteiger partial charge >= 0.3 is 0 Å². The van der Waals surface area contributed by atoms with Crippen LogP contribution in [0.15, 0.2) is 0 Å². The van der Waals surface area contributed by atoms with Crippen molar-refractivity contribution in [2.75, 3.05) is 19.6 Å². The zero-order chi connectivity index (χ0) is 14.3. The topological polar surface area (TPSA) is 20.3 Å². The maximum Gasteiger partial charge on any atom is 0.136 e. The van der Waals surface area contributed by atoms with Crippen molar-refractivity contribution in [3.05, 3.63) is 0 Å². The Morgan fingerprint density at radius 1 is 1.05 bits per heavy atom. The Bertz CT molecular complexity index is 248. The molecule has 0 aromatic heterocycles. The molecule has 19 heavy (non-hydrogen) atoms. The lowest BCUT2D eigenvalue weighted by atomic mass is 10.0. The van der Waals surface area contributed by atoms with Crippen molar-refractivity contribution in [1.29, 1.82) is 0 Å². The lowest BCUT2D eigenvalue weighted by molar-refractivity contribution is -0.120. The fourth-order valence-corrected chi connectivity index (χ4v) is 2.75. The minimum Gasteiger partial charge on any atom is -0.303 e. The van der Waals surface area contributed by atoms with Crippen molar-refractivity contribution in [2.24, 2.45) is 17.8 Å². The van der Waals surface area contributed by atoms with Crippen molar-refractivity contribution >= 4 is 5.78 Å². The molecule has 0 bridgehead atoms. The monoisotopic (exact) mass is 267 g/mol. The maximum absolute atomic E-state index is 11.7. The molecule has 0 heterocycles. The molecular formula is C17H33NO. The van der Waals surface area contributed by atoms with Crippen molar-refractivity contribution in [3.63, 3.8) is 0 Å². The predicted molar refractivity (Wildman–Crippen MR) is 82.3 cm³/mol. The molecule has 1 rings (SSSR count). The summed E-state index contributed by atoms with van der Waals surface area (Å²) < 4.78 is 0. The van der Waals surface area contributed by atoms with E-state index >= 15 is 0 Å². The molecule has 1 unspecified atom stereocenters. The molecular weight excluding hydrogens is 234 g/mol. The highest BCUT2D eigenvalue weighted by atomic mass is 16.1.